The van der Waals surface area contributed by atoms with Crippen LogP contribution in [0.2, 0.25) is 5.02 Å². The normalized spacial score (nSPS) is 15.9. The summed E-state index contributed by atoms with van der Waals surface area (Å²) in [5, 5.41) is 11.7. The smallest absolute Gasteiger partial charge is 0.268 e. The summed E-state index contributed by atoms with van der Waals surface area (Å²) in [4.78, 5) is 25.1. The number of thioether (sulfide) groups is 1. The fourth-order valence-electron chi connectivity index (χ4n) is 2.33. The predicted molar refractivity (Wildman–Crippen MR) is 105 cm³/mol. The number of anilines is 1. The van der Waals surface area contributed by atoms with E-state index in [-0.39, 0.29) is 11.6 Å². The number of hydrogen-bond donors (Lipinski definition) is 0. The van der Waals surface area contributed by atoms with Gasteiger partial charge in [-0.2, -0.15) is 0 Å². The summed E-state index contributed by atoms with van der Waals surface area (Å²) in [5.74, 6) is -0.326. The number of para-hydroxylation sites is 1. The van der Waals surface area contributed by atoms with Crippen LogP contribution in [0.1, 0.15) is 11.1 Å². The van der Waals surface area contributed by atoms with Crippen LogP contribution in [0.15, 0.2) is 47.4 Å². The first-order chi connectivity index (χ1) is 11.9. The van der Waals surface area contributed by atoms with E-state index >= 15 is 0 Å². The Bertz CT molecular complexity index is 943. The topological polar surface area (TPSA) is 63.5 Å². The van der Waals surface area contributed by atoms with Crippen molar-refractivity contribution >= 4 is 63.3 Å². The molecule has 1 heterocycles. The van der Waals surface area contributed by atoms with E-state index in [2.05, 4.69) is 0 Å². The van der Waals surface area contributed by atoms with Gasteiger partial charge in [-0.25, -0.2) is 0 Å². The van der Waals surface area contributed by atoms with Gasteiger partial charge in [0, 0.05) is 11.1 Å². The first kappa shape index (κ1) is 17.6. The summed E-state index contributed by atoms with van der Waals surface area (Å²) in [7, 11) is 0. The maximum absolute atomic E-state index is 12.7. The minimum atomic E-state index is -0.480. The van der Waals surface area contributed by atoms with E-state index in [9.17, 15) is 14.9 Å². The van der Waals surface area contributed by atoms with Crippen molar-refractivity contribution in [3.63, 3.8) is 0 Å². The van der Waals surface area contributed by atoms with Crippen molar-refractivity contribution in [3.05, 3.63) is 73.6 Å². The fourth-order valence-corrected chi connectivity index (χ4v) is 3.79. The number of thiocarbonyl (C=S) groups is 1. The maximum atomic E-state index is 12.7. The molecule has 1 aliphatic rings. The molecule has 2 aromatic carbocycles. The van der Waals surface area contributed by atoms with Gasteiger partial charge in [-0.3, -0.25) is 19.8 Å². The molecule has 0 aromatic heterocycles. The van der Waals surface area contributed by atoms with Crippen molar-refractivity contribution < 1.29 is 9.72 Å². The zero-order valence-electron chi connectivity index (χ0n) is 12.9. The third-order valence-electron chi connectivity index (χ3n) is 3.63. The summed E-state index contributed by atoms with van der Waals surface area (Å²) in [6.07, 6.45) is 1.49. The van der Waals surface area contributed by atoms with Gasteiger partial charge in [-0.15, -0.1) is 0 Å². The van der Waals surface area contributed by atoms with Gasteiger partial charge in [0.05, 0.1) is 21.1 Å². The van der Waals surface area contributed by atoms with Gasteiger partial charge in [0.25, 0.3) is 11.6 Å². The standard InChI is InChI=1S/C17H11ClN2O3S2/c1-10-6-7-12(9-13(10)18)19-16(21)15(25-17(19)24)8-11-4-2-3-5-14(11)20(22)23/h2-9H,1H3/b15-8-. The molecule has 1 aliphatic heterocycles. The number of nitro benzene ring substituents is 1. The second-order valence-corrected chi connectivity index (χ2v) is 7.35. The number of rotatable bonds is 3. The number of nitrogens with zero attached hydrogens (tertiary/aromatic N) is 2. The number of nitro groups is 1. The molecule has 0 aliphatic carbocycles. The second-order valence-electron chi connectivity index (χ2n) is 5.27. The average molecular weight is 391 g/mol. The first-order valence-electron chi connectivity index (χ1n) is 7.16. The lowest BCUT2D eigenvalue weighted by Crippen LogP contribution is -2.27. The Labute approximate surface area is 158 Å². The molecule has 0 atom stereocenters. The molecule has 0 unspecified atom stereocenters. The fraction of sp³-hybridized carbons (Fsp3) is 0.0588. The summed E-state index contributed by atoms with van der Waals surface area (Å²) in [6, 6.07) is 11.5. The molecule has 25 heavy (non-hydrogen) atoms. The average Bonchev–Trinajstić information content (AvgIpc) is 2.84. The molecule has 5 nitrogen and oxygen atoms in total. The van der Waals surface area contributed by atoms with Gasteiger partial charge in [0.2, 0.25) is 0 Å². The van der Waals surface area contributed by atoms with Crippen LogP contribution in [0, 0.1) is 17.0 Å². The highest BCUT2D eigenvalue weighted by atomic mass is 35.5. The van der Waals surface area contributed by atoms with E-state index in [0.717, 1.165) is 17.3 Å². The van der Waals surface area contributed by atoms with E-state index in [1.807, 2.05) is 13.0 Å². The zero-order chi connectivity index (χ0) is 18.1. The largest absolute Gasteiger partial charge is 0.276 e. The lowest BCUT2D eigenvalue weighted by atomic mass is 10.1. The number of aryl methyl sites for hydroxylation is 1. The van der Waals surface area contributed by atoms with Gasteiger partial charge in [-0.1, -0.05) is 53.8 Å². The highest BCUT2D eigenvalue weighted by Crippen LogP contribution is 2.38. The number of amides is 1. The molecular formula is C17H11ClN2O3S2. The van der Waals surface area contributed by atoms with Gasteiger partial charge in [-0.05, 0) is 36.8 Å². The van der Waals surface area contributed by atoms with Gasteiger partial charge < -0.3 is 0 Å². The number of carbonyl (C=O) groups excluding carboxylic acids is 1. The molecule has 0 N–H and O–H groups in total. The van der Waals surface area contributed by atoms with Crippen LogP contribution in [-0.4, -0.2) is 15.2 Å². The summed E-state index contributed by atoms with van der Waals surface area (Å²) >= 11 is 12.5. The Hall–Kier alpha value is -2.22. The van der Waals surface area contributed by atoms with Crippen LogP contribution in [-0.2, 0) is 4.79 Å². The van der Waals surface area contributed by atoms with Crippen LogP contribution < -0.4 is 4.90 Å². The molecule has 126 valence electrons. The van der Waals surface area contributed by atoms with Crippen molar-refractivity contribution in [2.45, 2.75) is 6.92 Å². The number of hydrogen-bond acceptors (Lipinski definition) is 5. The van der Waals surface area contributed by atoms with Gasteiger partial charge in [0.1, 0.15) is 0 Å². The molecule has 1 amide bonds. The number of benzene rings is 2. The van der Waals surface area contributed by atoms with Crippen molar-refractivity contribution in [2.24, 2.45) is 0 Å². The Morgan fingerprint density at radius 2 is 2.00 bits per heavy atom. The molecule has 3 rings (SSSR count). The molecule has 1 fully saturated rings. The molecule has 0 saturated carbocycles. The van der Waals surface area contributed by atoms with Crippen LogP contribution in [0.25, 0.3) is 6.08 Å². The first-order valence-corrected chi connectivity index (χ1v) is 8.76. The highest BCUT2D eigenvalue weighted by Gasteiger charge is 2.34. The van der Waals surface area contributed by atoms with E-state index in [1.165, 1.54) is 17.0 Å². The van der Waals surface area contributed by atoms with Gasteiger partial charge in [0.15, 0.2) is 4.32 Å². The second kappa shape index (κ2) is 6.95. The molecule has 2 aromatic rings. The minimum Gasteiger partial charge on any atom is -0.268 e. The highest BCUT2D eigenvalue weighted by molar-refractivity contribution is 8.27. The van der Waals surface area contributed by atoms with Crippen molar-refractivity contribution in [1.82, 2.24) is 0 Å². The SMILES string of the molecule is Cc1ccc(N2C(=O)/C(=C/c3ccccc3[N+](=O)[O-])SC2=S)cc1Cl. The number of halogens is 1. The van der Waals surface area contributed by atoms with Crippen LogP contribution in [0.4, 0.5) is 11.4 Å². The molecule has 8 heteroatoms. The third-order valence-corrected chi connectivity index (χ3v) is 5.34. The van der Waals surface area contributed by atoms with Crippen molar-refractivity contribution in [1.29, 1.82) is 0 Å². The summed E-state index contributed by atoms with van der Waals surface area (Å²) < 4.78 is 0.356. The molecule has 0 radical (unpaired) electrons. The molecular weight excluding hydrogens is 380 g/mol. The predicted octanol–water partition coefficient (Wildman–Crippen LogP) is 4.96. The van der Waals surface area contributed by atoms with Crippen LogP contribution in [0.5, 0.6) is 0 Å². The summed E-state index contributed by atoms with van der Waals surface area (Å²) in [5.41, 5.74) is 1.76. The Kier molecular flexibility index (Phi) is 4.89. The maximum Gasteiger partial charge on any atom is 0.276 e. The Morgan fingerprint density at radius 1 is 1.28 bits per heavy atom. The summed E-state index contributed by atoms with van der Waals surface area (Å²) in [6.45, 7) is 1.87. The molecule has 0 bridgehead atoms. The molecule has 1 saturated heterocycles. The minimum absolute atomic E-state index is 0.0638. The quantitative estimate of drug-likeness (QED) is 0.320. The third kappa shape index (κ3) is 3.44. The van der Waals surface area contributed by atoms with E-state index in [0.29, 0.717) is 25.5 Å². The number of carbonyl (C=O) groups is 1. The molecule has 0 spiro atoms. The van der Waals surface area contributed by atoms with E-state index in [4.69, 9.17) is 23.8 Å². The van der Waals surface area contributed by atoms with Gasteiger partial charge >= 0.3 is 0 Å². The Balaban J connectivity index is 1.99. The van der Waals surface area contributed by atoms with Crippen LogP contribution >= 0.6 is 35.6 Å². The van der Waals surface area contributed by atoms with E-state index < -0.39 is 4.92 Å². The Morgan fingerprint density at radius 3 is 2.68 bits per heavy atom. The van der Waals surface area contributed by atoms with Crippen molar-refractivity contribution in [2.75, 3.05) is 4.90 Å². The lowest BCUT2D eigenvalue weighted by molar-refractivity contribution is -0.385. The zero-order valence-corrected chi connectivity index (χ0v) is 15.3. The monoisotopic (exact) mass is 390 g/mol. The van der Waals surface area contributed by atoms with E-state index in [1.54, 1.807) is 30.3 Å². The van der Waals surface area contributed by atoms with Crippen LogP contribution in [0.3, 0.4) is 0 Å². The lowest BCUT2D eigenvalue weighted by Gasteiger charge is -2.15. The van der Waals surface area contributed by atoms with Crippen molar-refractivity contribution in [3.8, 4) is 0 Å².